The van der Waals surface area contributed by atoms with Crippen molar-refractivity contribution in [2.24, 2.45) is 0 Å². The highest BCUT2D eigenvalue weighted by Crippen LogP contribution is 2.20. The molecule has 0 unspecified atom stereocenters. The van der Waals surface area contributed by atoms with Crippen LogP contribution in [0.3, 0.4) is 0 Å². The molecular weight excluding hydrogens is 242 g/mol. The highest BCUT2D eigenvalue weighted by atomic mass is 16.1. The van der Waals surface area contributed by atoms with Crippen molar-refractivity contribution in [2.75, 3.05) is 5.73 Å². The second-order valence-corrected chi connectivity index (χ2v) is 3.96. The van der Waals surface area contributed by atoms with Gasteiger partial charge in [-0.25, -0.2) is 9.97 Å². The average Bonchev–Trinajstić information content (AvgIpc) is 2.77. The summed E-state index contributed by atoms with van der Waals surface area (Å²) < 4.78 is 1.23. The molecule has 6 heteroatoms. The van der Waals surface area contributed by atoms with Gasteiger partial charge in [-0.3, -0.25) is 9.89 Å². The molecule has 0 saturated carbocycles. The minimum absolute atomic E-state index is 0.152. The Kier molecular flexibility index (Phi) is 2.60. The van der Waals surface area contributed by atoms with Gasteiger partial charge in [0.1, 0.15) is 5.69 Å². The van der Waals surface area contributed by atoms with Crippen LogP contribution in [-0.4, -0.2) is 19.7 Å². The van der Waals surface area contributed by atoms with Gasteiger partial charge in [0.25, 0.3) is 11.5 Å². The molecule has 0 aliphatic heterocycles. The van der Waals surface area contributed by atoms with Gasteiger partial charge in [-0.15, -0.1) is 0 Å². The van der Waals surface area contributed by atoms with Crippen molar-refractivity contribution in [2.45, 2.75) is 0 Å². The zero-order valence-electron chi connectivity index (χ0n) is 9.95. The molecule has 0 radical (unpaired) electrons. The van der Waals surface area contributed by atoms with Crippen molar-refractivity contribution < 1.29 is 0 Å². The fraction of sp³-hybridized carbons (Fsp3) is 0. The second-order valence-electron chi connectivity index (χ2n) is 3.96. The number of nitrogens with zero attached hydrogens (tertiary/aromatic N) is 3. The van der Waals surface area contributed by atoms with Crippen LogP contribution in [0.1, 0.15) is 0 Å². The lowest BCUT2D eigenvalue weighted by atomic mass is 10.1. The SMILES string of the molecule is Nc1c(-c2ccccc2)[nH]n(-c2ncccn2)c1=O. The quantitative estimate of drug-likeness (QED) is 0.718. The van der Waals surface area contributed by atoms with E-state index in [1.807, 2.05) is 30.3 Å². The van der Waals surface area contributed by atoms with Crippen LogP contribution in [0, 0.1) is 0 Å². The van der Waals surface area contributed by atoms with E-state index in [1.54, 1.807) is 18.5 Å². The standard InChI is InChI=1S/C13H11N5O/c14-10-11(9-5-2-1-3-6-9)17-18(12(10)19)13-15-7-4-8-16-13/h1-8,17H,14H2. The van der Waals surface area contributed by atoms with Crippen molar-refractivity contribution in [1.82, 2.24) is 19.7 Å². The topological polar surface area (TPSA) is 89.6 Å². The van der Waals surface area contributed by atoms with Crippen LogP contribution in [0.2, 0.25) is 0 Å². The first-order chi connectivity index (χ1) is 9.27. The molecule has 2 heterocycles. The van der Waals surface area contributed by atoms with E-state index in [2.05, 4.69) is 15.1 Å². The molecule has 94 valence electrons. The Morgan fingerprint density at radius 1 is 1.05 bits per heavy atom. The van der Waals surface area contributed by atoms with Gasteiger partial charge < -0.3 is 5.73 Å². The van der Waals surface area contributed by atoms with Crippen LogP contribution < -0.4 is 11.3 Å². The largest absolute Gasteiger partial charge is 0.392 e. The third kappa shape index (κ3) is 1.89. The Morgan fingerprint density at radius 3 is 2.42 bits per heavy atom. The van der Waals surface area contributed by atoms with Crippen molar-refractivity contribution >= 4 is 5.69 Å². The second kappa shape index (κ2) is 4.41. The van der Waals surface area contributed by atoms with Gasteiger partial charge in [0, 0.05) is 18.0 Å². The van der Waals surface area contributed by atoms with Crippen molar-refractivity contribution in [3.63, 3.8) is 0 Å². The van der Waals surface area contributed by atoms with Gasteiger partial charge in [-0.05, 0) is 6.07 Å². The molecule has 0 atom stereocenters. The molecule has 0 bridgehead atoms. The molecule has 0 fully saturated rings. The predicted octanol–water partition coefficient (Wildman–Crippen LogP) is 1.20. The maximum atomic E-state index is 12.1. The number of H-pyrrole nitrogens is 1. The van der Waals surface area contributed by atoms with E-state index >= 15 is 0 Å². The molecule has 2 aromatic heterocycles. The number of aromatic amines is 1. The lowest BCUT2D eigenvalue weighted by Crippen LogP contribution is -2.18. The first kappa shape index (κ1) is 11.2. The number of benzene rings is 1. The Bertz CT molecular complexity index is 746. The minimum atomic E-state index is -0.356. The van der Waals surface area contributed by atoms with E-state index < -0.39 is 0 Å². The summed E-state index contributed by atoms with van der Waals surface area (Å²) in [5.41, 5.74) is 7.05. The van der Waals surface area contributed by atoms with E-state index in [9.17, 15) is 4.79 Å². The minimum Gasteiger partial charge on any atom is -0.392 e. The van der Waals surface area contributed by atoms with Crippen LogP contribution in [0.15, 0.2) is 53.6 Å². The van der Waals surface area contributed by atoms with Crippen molar-refractivity contribution in [3.05, 3.63) is 59.1 Å². The third-order valence-electron chi connectivity index (χ3n) is 2.74. The van der Waals surface area contributed by atoms with Crippen LogP contribution in [0.5, 0.6) is 0 Å². The van der Waals surface area contributed by atoms with Crippen LogP contribution >= 0.6 is 0 Å². The van der Waals surface area contributed by atoms with Crippen LogP contribution in [0.4, 0.5) is 5.69 Å². The van der Waals surface area contributed by atoms with Gasteiger partial charge in [-0.2, -0.15) is 4.68 Å². The third-order valence-corrected chi connectivity index (χ3v) is 2.74. The highest BCUT2D eigenvalue weighted by Gasteiger charge is 2.14. The number of aromatic nitrogens is 4. The Hall–Kier alpha value is -2.89. The number of nitrogen functional groups attached to an aromatic ring is 1. The van der Waals surface area contributed by atoms with Crippen LogP contribution in [-0.2, 0) is 0 Å². The average molecular weight is 253 g/mol. The molecule has 6 nitrogen and oxygen atoms in total. The van der Waals surface area contributed by atoms with E-state index in [1.165, 1.54) is 4.68 Å². The monoisotopic (exact) mass is 253 g/mol. The van der Waals surface area contributed by atoms with Gasteiger partial charge in [0.15, 0.2) is 0 Å². The Morgan fingerprint density at radius 2 is 1.74 bits per heavy atom. The first-order valence-corrected chi connectivity index (χ1v) is 5.70. The fourth-order valence-corrected chi connectivity index (χ4v) is 1.82. The van der Waals surface area contributed by atoms with E-state index in [0.717, 1.165) is 5.56 Å². The van der Waals surface area contributed by atoms with Crippen molar-refractivity contribution in [3.8, 4) is 17.2 Å². The normalized spacial score (nSPS) is 10.5. The number of nitrogens with two attached hydrogens (primary N) is 1. The van der Waals surface area contributed by atoms with Gasteiger partial charge in [-0.1, -0.05) is 30.3 Å². The van der Waals surface area contributed by atoms with Gasteiger partial charge in [0.2, 0.25) is 0 Å². The lowest BCUT2D eigenvalue weighted by molar-refractivity contribution is 0.786. The molecule has 0 spiro atoms. The summed E-state index contributed by atoms with van der Waals surface area (Å²) in [4.78, 5) is 20.1. The number of nitrogens with one attached hydrogen (secondary N) is 1. The molecule has 3 aromatic rings. The summed E-state index contributed by atoms with van der Waals surface area (Å²) in [5.74, 6) is 0.265. The molecule has 0 saturated heterocycles. The number of rotatable bonds is 2. The maximum absolute atomic E-state index is 12.1. The smallest absolute Gasteiger partial charge is 0.297 e. The lowest BCUT2D eigenvalue weighted by Gasteiger charge is -1.99. The maximum Gasteiger partial charge on any atom is 0.297 e. The van der Waals surface area contributed by atoms with E-state index in [-0.39, 0.29) is 17.2 Å². The Labute approximate surface area is 108 Å². The Balaban J connectivity index is 2.19. The molecule has 0 amide bonds. The summed E-state index contributed by atoms with van der Waals surface area (Å²) in [6.07, 6.45) is 3.13. The molecule has 0 aliphatic rings. The zero-order chi connectivity index (χ0) is 13.2. The highest BCUT2D eigenvalue weighted by molar-refractivity contribution is 5.72. The first-order valence-electron chi connectivity index (χ1n) is 5.70. The number of anilines is 1. The summed E-state index contributed by atoms with van der Waals surface area (Å²) in [6.45, 7) is 0. The molecule has 3 N–H and O–H groups in total. The predicted molar refractivity (Wildman–Crippen MR) is 71.8 cm³/mol. The zero-order valence-corrected chi connectivity index (χ0v) is 9.95. The molecule has 3 rings (SSSR count). The van der Waals surface area contributed by atoms with Gasteiger partial charge >= 0.3 is 0 Å². The number of hydrogen-bond acceptors (Lipinski definition) is 4. The van der Waals surface area contributed by atoms with Crippen molar-refractivity contribution in [1.29, 1.82) is 0 Å². The molecule has 0 aliphatic carbocycles. The molecular formula is C13H11N5O. The molecule has 1 aromatic carbocycles. The van der Waals surface area contributed by atoms with Crippen LogP contribution in [0.25, 0.3) is 17.2 Å². The van der Waals surface area contributed by atoms with Gasteiger partial charge in [0.05, 0.1) is 5.69 Å². The summed E-state index contributed by atoms with van der Waals surface area (Å²) in [6, 6.07) is 11.1. The number of hydrogen-bond donors (Lipinski definition) is 2. The molecule has 19 heavy (non-hydrogen) atoms. The van der Waals surface area contributed by atoms with E-state index in [0.29, 0.717) is 5.69 Å². The summed E-state index contributed by atoms with van der Waals surface area (Å²) in [7, 11) is 0. The summed E-state index contributed by atoms with van der Waals surface area (Å²) in [5, 5.41) is 2.94. The fourth-order valence-electron chi connectivity index (χ4n) is 1.82. The summed E-state index contributed by atoms with van der Waals surface area (Å²) >= 11 is 0. The van der Waals surface area contributed by atoms with E-state index in [4.69, 9.17) is 5.73 Å².